The number of halogens is 2. The molecule has 174 valence electrons. The summed E-state index contributed by atoms with van der Waals surface area (Å²) in [6, 6.07) is 13.4. The quantitative estimate of drug-likeness (QED) is 0.577. The standard InChI is InChI=1S/C23H24ClFN4O3S/c1-15-22(16(2)29(27-15)19-6-4-3-5-7-19)33(31,32)28-12-10-17(11-13-28)23(30)26-21-9-8-18(24)14-20(21)25/h3-9,14,17H,10-13H2,1-2H3,(H,26,30). The molecule has 0 saturated carbocycles. The van der Waals surface area contributed by atoms with Crippen LogP contribution in [-0.4, -0.2) is 41.5 Å². The first-order chi connectivity index (χ1) is 15.7. The average Bonchev–Trinajstić information content (AvgIpc) is 3.10. The smallest absolute Gasteiger partial charge is 0.246 e. The highest BCUT2D eigenvalue weighted by Gasteiger charge is 2.35. The third-order valence-electron chi connectivity index (χ3n) is 5.84. The van der Waals surface area contributed by atoms with E-state index in [1.165, 1.54) is 16.4 Å². The summed E-state index contributed by atoms with van der Waals surface area (Å²) in [4.78, 5) is 12.8. The molecule has 2 heterocycles. The molecule has 1 saturated heterocycles. The number of amides is 1. The van der Waals surface area contributed by atoms with E-state index in [4.69, 9.17) is 11.6 Å². The van der Waals surface area contributed by atoms with Gasteiger partial charge in [0.15, 0.2) is 0 Å². The SMILES string of the molecule is Cc1nn(-c2ccccc2)c(C)c1S(=O)(=O)N1CCC(C(=O)Nc2ccc(Cl)cc2F)CC1. The largest absolute Gasteiger partial charge is 0.323 e. The number of nitrogens with zero attached hydrogens (tertiary/aromatic N) is 3. The summed E-state index contributed by atoms with van der Waals surface area (Å²) in [6.45, 7) is 3.80. The average molecular weight is 491 g/mol. The fourth-order valence-electron chi connectivity index (χ4n) is 4.14. The van der Waals surface area contributed by atoms with Gasteiger partial charge >= 0.3 is 0 Å². The van der Waals surface area contributed by atoms with Crippen molar-refractivity contribution >= 4 is 33.2 Å². The highest BCUT2D eigenvalue weighted by atomic mass is 35.5. The molecule has 1 aliphatic rings. The van der Waals surface area contributed by atoms with Crippen LogP contribution in [0.25, 0.3) is 5.69 Å². The maximum absolute atomic E-state index is 14.0. The van der Waals surface area contributed by atoms with Crippen molar-refractivity contribution in [3.05, 3.63) is 70.8 Å². The van der Waals surface area contributed by atoms with Crippen molar-refractivity contribution < 1.29 is 17.6 Å². The van der Waals surface area contributed by atoms with E-state index in [1.807, 2.05) is 30.3 Å². The molecule has 0 bridgehead atoms. The third kappa shape index (κ3) is 4.66. The number of rotatable bonds is 5. The lowest BCUT2D eigenvalue weighted by Crippen LogP contribution is -2.41. The number of nitrogens with one attached hydrogen (secondary N) is 1. The Kier molecular flexibility index (Phi) is 6.56. The van der Waals surface area contributed by atoms with Crippen molar-refractivity contribution in [1.82, 2.24) is 14.1 Å². The second-order valence-corrected chi connectivity index (χ2v) is 10.4. The highest BCUT2D eigenvalue weighted by molar-refractivity contribution is 7.89. The van der Waals surface area contributed by atoms with Crippen LogP contribution >= 0.6 is 11.6 Å². The highest BCUT2D eigenvalue weighted by Crippen LogP contribution is 2.30. The number of anilines is 1. The number of aryl methyl sites for hydroxylation is 1. The molecule has 1 aliphatic heterocycles. The molecular weight excluding hydrogens is 467 g/mol. The lowest BCUT2D eigenvalue weighted by Gasteiger charge is -2.30. The third-order valence-corrected chi connectivity index (χ3v) is 8.22. The molecule has 2 aromatic carbocycles. The number of hydrogen-bond donors (Lipinski definition) is 1. The number of piperidine rings is 1. The van der Waals surface area contributed by atoms with Gasteiger partial charge in [-0.2, -0.15) is 9.40 Å². The summed E-state index contributed by atoms with van der Waals surface area (Å²) in [5.74, 6) is -1.37. The first kappa shape index (κ1) is 23.4. The molecular formula is C23H24ClFN4O3S. The van der Waals surface area contributed by atoms with E-state index >= 15 is 0 Å². The lowest BCUT2D eigenvalue weighted by molar-refractivity contribution is -0.120. The summed E-state index contributed by atoms with van der Waals surface area (Å²) in [5, 5.41) is 7.27. The molecule has 1 aromatic heterocycles. The number of carbonyl (C=O) groups is 1. The Bertz CT molecular complexity index is 1290. The second-order valence-electron chi connectivity index (χ2n) is 8.04. The van der Waals surface area contributed by atoms with Gasteiger partial charge in [-0.25, -0.2) is 17.5 Å². The Morgan fingerprint density at radius 3 is 2.42 bits per heavy atom. The number of sulfonamides is 1. The van der Waals surface area contributed by atoms with E-state index in [1.54, 1.807) is 18.5 Å². The van der Waals surface area contributed by atoms with Crippen molar-refractivity contribution in [2.75, 3.05) is 18.4 Å². The second kappa shape index (κ2) is 9.24. The fraction of sp³-hybridized carbons (Fsp3) is 0.304. The molecule has 0 spiro atoms. The number of para-hydroxylation sites is 1. The van der Waals surface area contributed by atoms with E-state index in [9.17, 15) is 17.6 Å². The minimum absolute atomic E-state index is 0.0547. The van der Waals surface area contributed by atoms with Crippen LogP contribution in [0.4, 0.5) is 10.1 Å². The molecule has 10 heteroatoms. The minimum atomic E-state index is -3.79. The van der Waals surface area contributed by atoms with Crippen molar-refractivity contribution in [2.45, 2.75) is 31.6 Å². The van der Waals surface area contributed by atoms with Gasteiger partial charge in [-0.05, 0) is 57.0 Å². The van der Waals surface area contributed by atoms with Crippen molar-refractivity contribution in [3.63, 3.8) is 0 Å². The van der Waals surface area contributed by atoms with Gasteiger partial charge < -0.3 is 5.32 Å². The van der Waals surface area contributed by atoms with Crippen LogP contribution < -0.4 is 5.32 Å². The predicted octanol–water partition coefficient (Wildman–Crippen LogP) is 4.32. The summed E-state index contributed by atoms with van der Waals surface area (Å²) in [5.41, 5.74) is 1.80. The molecule has 1 N–H and O–H groups in total. The summed E-state index contributed by atoms with van der Waals surface area (Å²) in [7, 11) is -3.79. The van der Waals surface area contributed by atoms with Gasteiger partial charge in [-0.1, -0.05) is 29.8 Å². The topological polar surface area (TPSA) is 84.3 Å². The molecule has 1 fully saturated rings. The fourth-order valence-corrected chi connectivity index (χ4v) is 6.12. The van der Waals surface area contributed by atoms with E-state index in [-0.39, 0.29) is 34.6 Å². The van der Waals surface area contributed by atoms with Crippen LogP contribution in [-0.2, 0) is 14.8 Å². The maximum Gasteiger partial charge on any atom is 0.246 e. The van der Waals surface area contributed by atoms with E-state index in [0.29, 0.717) is 24.2 Å². The first-order valence-electron chi connectivity index (χ1n) is 10.6. The van der Waals surface area contributed by atoms with Crippen LogP contribution in [0.15, 0.2) is 53.4 Å². The Labute approximate surface area is 197 Å². The van der Waals surface area contributed by atoms with Crippen molar-refractivity contribution in [3.8, 4) is 5.69 Å². The molecule has 3 aromatic rings. The van der Waals surface area contributed by atoms with Gasteiger partial charge in [0.1, 0.15) is 10.7 Å². The van der Waals surface area contributed by atoms with Gasteiger partial charge in [0.2, 0.25) is 15.9 Å². The van der Waals surface area contributed by atoms with Crippen molar-refractivity contribution in [2.24, 2.45) is 5.92 Å². The van der Waals surface area contributed by atoms with Gasteiger partial charge in [0.05, 0.1) is 22.8 Å². The van der Waals surface area contributed by atoms with E-state index < -0.39 is 21.8 Å². The number of benzene rings is 2. The van der Waals surface area contributed by atoms with Gasteiger partial charge in [-0.15, -0.1) is 0 Å². The summed E-state index contributed by atoms with van der Waals surface area (Å²) in [6.07, 6.45) is 0.677. The van der Waals surface area contributed by atoms with Crippen LogP contribution in [0, 0.1) is 25.6 Å². The molecule has 0 unspecified atom stereocenters. The lowest BCUT2D eigenvalue weighted by atomic mass is 9.97. The summed E-state index contributed by atoms with van der Waals surface area (Å²) >= 11 is 5.75. The monoisotopic (exact) mass is 490 g/mol. The number of hydrogen-bond acceptors (Lipinski definition) is 4. The van der Waals surface area contributed by atoms with Crippen LogP contribution in [0.2, 0.25) is 5.02 Å². The van der Waals surface area contributed by atoms with Crippen LogP contribution in [0.3, 0.4) is 0 Å². The zero-order valence-corrected chi connectivity index (χ0v) is 19.8. The Morgan fingerprint density at radius 2 is 1.79 bits per heavy atom. The van der Waals surface area contributed by atoms with Crippen LogP contribution in [0.5, 0.6) is 0 Å². The molecule has 4 rings (SSSR count). The maximum atomic E-state index is 14.0. The zero-order chi connectivity index (χ0) is 23.8. The molecule has 1 amide bonds. The number of aromatic nitrogens is 2. The Hall–Kier alpha value is -2.75. The number of carbonyl (C=O) groups excluding carboxylic acids is 1. The molecule has 7 nitrogen and oxygen atoms in total. The van der Waals surface area contributed by atoms with Gasteiger partial charge in [0.25, 0.3) is 0 Å². The zero-order valence-electron chi connectivity index (χ0n) is 18.3. The normalized spacial score (nSPS) is 15.5. The van der Waals surface area contributed by atoms with Gasteiger partial charge in [0, 0.05) is 24.0 Å². The van der Waals surface area contributed by atoms with Crippen LogP contribution in [0.1, 0.15) is 24.2 Å². The first-order valence-corrected chi connectivity index (χ1v) is 12.4. The van der Waals surface area contributed by atoms with E-state index in [0.717, 1.165) is 11.8 Å². The molecule has 0 aliphatic carbocycles. The summed E-state index contributed by atoms with van der Waals surface area (Å²) < 4.78 is 43.9. The van der Waals surface area contributed by atoms with Gasteiger partial charge in [-0.3, -0.25) is 4.79 Å². The minimum Gasteiger partial charge on any atom is -0.323 e. The Morgan fingerprint density at radius 1 is 1.12 bits per heavy atom. The van der Waals surface area contributed by atoms with Crippen molar-refractivity contribution in [1.29, 1.82) is 0 Å². The molecule has 0 radical (unpaired) electrons. The Balaban J connectivity index is 1.47. The predicted molar refractivity (Wildman–Crippen MR) is 125 cm³/mol. The molecule has 33 heavy (non-hydrogen) atoms. The molecule has 0 atom stereocenters. The van der Waals surface area contributed by atoms with E-state index in [2.05, 4.69) is 10.4 Å².